The summed E-state index contributed by atoms with van der Waals surface area (Å²) in [5, 5.41) is 7.80. The van der Waals surface area contributed by atoms with E-state index >= 15 is 0 Å². The Morgan fingerprint density at radius 3 is 2.42 bits per heavy atom. The Kier molecular flexibility index (Phi) is 4.80. The highest BCUT2D eigenvalue weighted by Crippen LogP contribution is 2.29. The van der Waals surface area contributed by atoms with Crippen LogP contribution < -0.4 is 4.74 Å². The third kappa shape index (κ3) is 3.73. The van der Waals surface area contributed by atoms with Crippen LogP contribution in [0.1, 0.15) is 29.0 Å². The third-order valence-electron chi connectivity index (χ3n) is 3.66. The SMILES string of the molecule is Cc1cc(CCCOc2c(C)cc(-c3noc(=S)[nH]3)cc2C)on1. The predicted molar refractivity (Wildman–Crippen MR) is 91.7 cm³/mol. The molecule has 126 valence electrons. The van der Waals surface area contributed by atoms with Crippen LogP contribution in [0.2, 0.25) is 0 Å². The highest BCUT2D eigenvalue weighted by molar-refractivity contribution is 7.71. The zero-order valence-corrected chi connectivity index (χ0v) is 14.7. The molecule has 0 aliphatic heterocycles. The van der Waals surface area contributed by atoms with Gasteiger partial charge in [0.1, 0.15) is 11.5 Å². The Morgan fingerprint density at radius 1 is 1.08 bits per heavy atom. The number of hydrogen-bond acceptors (Lipinski definition) is 6. The van der Waals surface area contributed by atoms with E-state index in [9.17, 15) is 0 Å². The maximum atomic E-state index is 5.96. The summed E-state index contributed by atoms with van der Waals surface area (Å²) in [7, 11) is 0. The highest BCUT2D eigenvalue weighted by atomic mass is 32.1. The van der Waals surface area contributed by atoms with Gasteiger partial charge in [0.05, 0.1) is 12.3 Å². The van der Waals surface area contributed by atoms with Crippen LogP contribution in [0.3, 0.4) is 0 Å². The molecule has 2 aromatic heterocycles. The van der Waals surface area contributed by atoms with Crippen molar-refractivity contribution < 1.29 is 13.8 Å². The molecular weight excluding hydrogens is 326 g/mol. The van der Waals surface area contributed by atoms with Crippen LogP contribution in [0.25, 0.3) is 11.4 Å². The smallest absolute Gasteiger partial charge is 0.295 e. The average Bonchev–Trinajstić information content (AvgIpc) is 3.14. The van der Waals surface area contributed by atoms with Crippen molar-refractivity contribution in [2.24, 2.45) is 0 Å². The van der Waals surface area contributed by atoms with E-state index in [1.807, 2.05) is 39.0 Å². The van der Waals surface area contributed by atoms with Crippen molar-refractivity contribution in [3.05, 3.63) is 45.6 Å². The van der Waals surface area contributed by atoms with Crippen molar-refractivity contribution in [3.8, 4) is 17.1 Å². The van der Waals surface area contributed by atoms with Gasteiger partial charge in [0.2, 0.25) is 0 Å². The fourth-order valence-corrected chi connectivity index (χ4v) is 2.76. The molecule has 0 atom stereocenters. The second-order valence-electron chi connectivity index (χ2n) is 5.77. The van der Waals surface area contributed by atoms with Gasteiger partial charge in [-0.2, -0.15) is 0 Å². The summed E-state index contributed by atoms with van der Waals surface area (Å²) in [6.07, 6.45) is 1.68. The van der Waals surface area contributed by atoms with Gasteiger partial charge in [0, 0.05) is 18.1 Å². The maximum absolute atomic E-state index is 5.96. The van der Waals surface area contributed by atoms with E-state index in [4.69, 9.17) is 26.0 Å². The normalized spacial score (nSPS) is 11.0. The van der Waals surface area contributed by atoms with Gasteiger partial charge in [0.25, 0.3) is 4.84 Å². The standard InChI is InChI=1S/C17H19N3O3S/c1-10-7-13(16-18-17(24)23-20-16)8-11(2)15(10)21-6-4-5-14-9-12(3)19-22-14/h7-9H,4-6H2,1-3H3,(H,18,20,24). The van der Waals surface area contributed by atoms with E-state index < -0.39 is 0 Å². The van der Waals surface area contributed by atoms with E-state index in [1.165, 1.54) is 0 Å². The van der Waals surface area contributed by atoms with Gasteiger partial charge in [0.15, 0.2) is 5.82 Å². The first kappa shape index (κ1) is 16.4. The van der Waals surface area contributed by atoms with Crippen LogP contribution in [0.5, 0.6) is 5.75 Å². The Balaban J connectivity index is 1.64. The molecule has 0 unspecified atom stereocenters. The second-order valence-corrected chi connectivity index (χ2v) is 6.14. The third-order valence-corrected chi connectivity index (χ3v) is 3.84. The second kappa shape index (κ2) is 7.00. The highest BCUT2D eigenvalue weighted by Gasteiger charge is 2.10. The molecule has 0 spiro atoms. The van der Waals surface area contributed by atoms with Crippen LogP contribution in [0.4, 0.5) is 0 Å². The molecule has 0 saturated heterocycles. The number of rotatable bonds is 6. The Labute approximate surface area is 144 Å². The number of H-pyrrole nitrogens is 1. The summed E-state index contributed by atoms with van der Waals surface area (Å²) >= 11 is 4.92. The molecule has 0 fully saturated rings. The quantitative estimate of drug-likeness (QED) is 0.529. The summed E-state index contributed by atoms with van der Waals surface area (Å²) < 4.78 is 16.1. The molecular formula is C17H19N3O3S. The van der Waals surface area contributed by atoms with E-state index in [2.05, 4.69) is 15.3 Å². The van der Waals surface area contributed by atoms with Crippen LogP contribution in [-0.2, 0) is 6.42 Å². The van der Waals surface area contributed by atoms with Crippen LogP contribution in [-0.4, -0.2) is 21.9 Å². The van der Waals surface area contributed by atoms with Crippen molar-refractivity contribution in [2.75, 3.05) is 6.61 Å². The van der Waals surface area contributed by atoms with E-state index in [0.717, 1.165) is 46.7 Å². The molecule has 3 aromatic rings. The maximum Gasteiger partial charge on any atom is 0.295 e. The molecule has 1 aromatic carbocycles. The molecule has 7 heteroatoms. The summed E-state index contributed by atoms with van der Waals surface area (Å²) in [5.74, 6) is 2.41. The zero-order valence-electron chi connectivity index (χ0n) is 13.9. The molecule has 3 rings (SSSR count). The van der Waals surface area contributed by atoms with E-state index in [-0.39, 0.29) is 4.84 Å². The number of ether oxygens (including phenoxy) is 1. The van der Waals surface area contributed by atoms with Crippen molar-refractivity contribution in [3.63, 3.8) is 0 Å². The number of nitrogens with zero attached hydrogens (tertiary/aromatic N) is 2. The number of aromatic amines is 1. The van der Waals surface area contributed by atoms with Gasteiger partial charge in [-0.05, 0) is 62.7 Å². The first-order valence-electron chi connectivity index (χ1n) is 7.75. The minimum absolute atomic E-state index is 0.267. The van der Waals surface area contributed by atoms with Gasteiger partial charge in [-0.3, -0.25) is 4.98 Å². The van der Waals surface area contributed by atoms with Gasteiger partial charge >= 0.3 is 0 Å². The molecule has 0 aliphatic carbocycles. The summed E-state index contributed by atoms with van der Waals surface area (Å²) in [6, 6.07) is 5.96. The molecule has 1 N–H and O–H groups in total. The molecule has 0 saturated carbocycles. The molecule has 0 bridgehead atoms. The molecule has 0 aliphatic rings. The van der Waals surface area contributed by atoms with Crippen molar-refractivity contribution >= 4 is 12.2 Å². The first-order chi connectivity index (χ1) is 11.5. The largest absolute Gasteiger partial charge is 0.493 e. The number of aryl methyl sites for hydroxylation is 4. The lowest BCUT2D eigenvalue weighted by Crippen LogP contribution is -2.02. The zero-order chi connectivity index (χ0) is 17.1. The lowest BCUT2D eigenvalue weighted by molar-refractivity contribution is 0.296. The van der Waals surface area contributed by atoms with E-state index in [1.54, 1.807) is 0 Å². The molecule has 6 nitrogen and oxygen atoms in total. The van der Waals surface area contributed by atoms with Crippen LogP contribution in [0.15, 0.2) is 27.2 Å². The summed E-state index contributed by atoms with van der Waals surface area (Å²) in [6.45, 7) is 6.56. The van der Waals surface area contributed by atoms with Gasteiger partial charge in [-0.25, -0.2) is 0 Å². The van der Waals surface area contributed by atoms with Crippen LogP contribution >= 0.6 is 12.2 Å². The number of hydrogen-bond donors (Lipinski definition) is 1. The number of aromatic nitrogens is 3. The average molecular weight is 345 g/mol. The van der Waals surface area contributed by atoms with Gasteiger partial charge in [-0.15, -0.1) is 0 Å². The van der Waals surface area contributed by atoms with Gasteiger partial charge in [-0.1, -0.05) is 10.3 Å². The monoisotopic (exact) mass is 345 g/mol. The lowest BCUT2D eigenvalue weighted by atomic mass is 10.1. The minimum Gasteiger partial charge on any atom is -0.493 e. The molecule has 2 heterocycles. The Hall–Kier alpha value is -2.41. The minimum atomic E-state index is 0.267. The Bertz CT molecular complexity index is 871. The number of benzene rings is 1. The molecule has 0 radical (unpaired) electrons. The van der Waals surface area contributed by atoms with E-state index in [0.29, 0.717) is 12.4 Å². The first-order valence-corrected chi connectivity index (χ1v) is 8.16. The van der Waals surface area contributed by atoms with Crippen molar-refractivity contribution in [1.29, 1.82) is 0 Å². The summed E-state index contributed by atoms with van der Waals surface area (Å²) in [5.41, 5.74) is 3.92. The van der Waals surface area contributed by atoms with Gasteiger partial charge < -0.3 is 13.8 Å². The lowest BCUT2D eigenvalue weighted by Gasteiger charge is -2.13. The number of nitrogens with one attached hydrogen (secondary N) is 1. The van der Waals surface area contributed by atoms with Crippen LogP contribution in [0, 0.1) is 25.6 Å². The predicted octanol–water partition coefficient (Wildman–Crippen LogP) is 4.32. The van der Waals surface area contributed by atoms with Crippen molar-refractivity contribution in [2.45, 2.75) is 33.6 Å². The van der Waals surface area contributed by atoms with Crippen molar-refractivity contribution in [1.82, 2.24) is 15.3 Å². The fourth-order valence-electron chi connectivity index (χ4n) is 2.62. The topological polar surface area (TPSA) is 77.1 Å². The summed E-state index contributed by atoms with van der Waals surface area (Å²) in [4.78, 5) is 3.19. The Morgan fingerprint density at radius 2 is 1.83 bits per heavy atom. The molecule has 0 amide bonds. The fraction of sp³-hybridized carbons (Fsp3) is 0.353. The molecule has 24 heavy (non-hydrogen) atoms.